The van der Waals surface area contributed by atoms with E-state index < -0.39 is 0 Å². The van der Waals surface area contributed by atoms with Gasteiger partial charge in [0.2, 0.25) is 0 Å². The number of nitrogens with zero attached hydrogens (tertiary/aromatic N) is 3. The van der Waals surface area contributed by atoms with Gasteiger partial charge in [-0.05, 0) is 66.8 Å². The Kier molecular flexibility index (Phi) is 5.71. The first-order valence-corrected chi connectivity index (χ1v) is 11.2. The summed E-state index contributed by atoms with van der Waals surface area (Å²) in [6, 6.07) is 19.6. The van der Waals surface area contributed by atoms with Crippen LogP contribution in [0.5, 0.6) is 0 Å². The van der Waals surface area contributed by atoms with Gasteiger partial charge in [0, 0.05) is 16.9 Å². The van der Waals surface area contributed by atoms with Crippen molar-refractivity contribution in [2.24, 2.45) is 0 Å². The quantitative estimate of drug-likeness (QED) is 0.343. The number of rotatable bonds is 5. The van der Waals surface area contributed by atoms with Crippen molar-refractivity contribution in [1.29, 1.82) is 0 Å². The highest BCUT2D eigenvalue weighted by atomic mass is 79.9. The second-order valence-electron chi connectivity index (χ2n) is 7.40. The third kappa shape index (κ3) is 4.03. The first-order valence-electron chi connectivity index (χ1n) is 10.0. The van der Waals surface area contributed by atoms with Gasteiger partial charge in [0.25, 0.3) is 0 Å². The number of aromatic nitrogens is 2. The van der Waals surface area contributed by atoms with E-state index >= 15 is 0 Å². The molecular formula is C24H18BrFN4OS. The number of nitrogens with one attached hydrogen (secondary N) is 1. The van der Waals surface area contributed by atoms with Crippen molar-refractivity contribution in [3.63, 3.8) is 0 Å². The second kappa shape index (κ2) is 8.80. The van der Waals surface area contributed by atoms with E-state index in [-0.39, 0.29) is 17.9 Å². The molecule has 4 aromatic rings. The monoisotopic (exact) mass is 508 g/mol. The summed E-state index contributed by atoms with van der Waals surface area (Å²) < 4.78 is 21.4. The minimum atomic E-state index is -0.355. The highest BCUT2D eigenvalue weighted by molar-refractivity contribution is 9.10. The van der Waals surface area contributed by atoms with Crippen LogP contribution < -0.4 is 5.32 Å². The SMILES string of the molecule is Fc1cc(Br)ccc1-c1ccc(C2C(c3ccccn3)NC(=S)N2Cc2ccccn2)o1. The van der Waals surface area contributed by atoms with Gasteiger partial charge in [-0.3, -0.25) is 9.97 Å². The van der Waals surface area contributed by atoms with Crippen molar-refractivity contribution in [3.8, 4) is 11.3 Å². The number of halogens is 2. The summed E-state index contributed by atoms with van der Waals surface area (Å²) in [6.45, 7) is 0.503. The molecule has 2 unspecified atom stereocenters. The van der Waals surface area contributed by atoms with Crippen LogP contribution in [0.2, 0.25) is 0 Å². The molecule has 0 bridgehead atoms. The van der Waals surface area contributed by atoms with Crippen LogP contribution in [0.3, 0.4) is 0 Å². The number of hydrogen-bond donors (Lipinski definition) is 1. The Labute approximate surface area is 198 Å². The minimum absolute atomic E-state index is 0.221. The predicted molar refractivity (Wildman–Crippen MR) is 127 cm³/mol. The molecule has 1 N–H and O–H groups in total. The fraction of sp³-hybridized carbons (Fsp3) is 0.125. The molecule has 3 aromatic heterocycles. The van der Waals surface area contributed by atoms with Gasteiger partial charge in [-0.2, -0.15) is 0 Å². The normalized spacial score (nSPS) is 18.1. The highest BCUT2D eigenvalue weighted by Crippen LogP contribution is 2.41. The van der Waals surface area contributed by atoms with E-state index in [1.54, 1.807) is 30.6 Å². The Morgan fingerprint density at radius 1 is 1.03 bits per heavy atom. The van der Waals surface area contributed by atoms with Gasteiger partial charge in [0.15, 0.2) is 5.11 Å². The van der Waals surface area contributed by atoms with Crippen LogP contribution in [-0.2, 0) is 6.54 Å². The van der Waals surface area contributed by atoms with E-state index in [1.807, 2.05) is 47.4 Å². The smallest absolute Gasteiger partial charge is 0.170 e. The molecule has 0 amide bonds. The average molecular weight is 509 g/mol. The Balaban J connectivity index is 1.55. The van der Waals surface area contributed by atoms with Gasteiger partial charge in [-0.15, -0.1) is 0 Å². The van der Waals surface area contributed by atoms with E-state index in [0.29, 0.717) is 33.2 Å². The molecule has 1 aromatic carbocycles. The molecule has 1 fully saturated rings. The third-order valence-corrected chi connectivity index (χ3v) is 6.22. The molecule has 0 saturated carbocycles. The number of pyridine rings is 2. The maximum absolute atomic E-state index is 14.5. The molecule has 0 aliphatic carbocycles. The summed E-state index contributed by atoms with van der Waals surface area (Å²) in [7, 11) is 0. The van der Waals surface area contributed by atoms with Gasteiger partial charge < -0.3 is 14.6 Å². The van der Waals surface area contributed by atoms with Crippen LogP contribution in [0, 0.1) is 5.82 Å². The molecule has 1 aliphatic rings. The lowest BCUT2D eigenvalue weighted by molar-refractivity contribution is 0.267. The van der Waals surface area contributed by atoms with Gasteiger partial charge in [-0.1, -0.05) is 28.1 Å². The average Bonchev–Trinajstić information content (AvgIpc) is 3.40. The number of thiocarbonyl (C=S) groups is 1. The predicted octanol–water partition coefficient (Wildman–Crippen LogP) is 5.81. The van der Waals surface area contributed by atoms with E-state index in [9.17, 15) is 4.39 Å². The summed E-state index contributed by atoms with van der Waals surface area (Å²) >= 11 is 8.98. The molecule has 32 heavy (non-hydrogen) atoms. The van der Waals surface area contributed by atoms with Crippen LogP contribution in [0.15, 0.2) is 88.0 Å². The largest absolute Gasteiger partial charge is 0.459 e. The maximum atomic E-state index is 14.5. The van der Waals surface area contributed by atoms with Gasteiger partial charge >= 0.3 is 0 Å². The van der Waals surface area contributed by atoms with Crippen molar-refractivity contribution in [2.75, 3.05) is 0 Å². The maximum Gasteiger partial charge on any atom is 0.170 e. The molecule has 1 saturated heterocycles. The Hall–Kier alpha value is -3.10. The fourth-order valence-corrected chi connectivity index (χ4v) is 4.54. The van der Waals surface area contributed by atoms with E-state index in [4.69, 9.17) is 16.6 Å². The number of hydrogen-bond acceptors (Lipinski definition) is 4. The van der Waals surface area contributed by atoms with Crippen LogP contribution in [0.25, 0.3) is 11.3 Å². The minimum Gasteiger partial charge on any atom is -0.459 e. The molecule has 0 radical (unpaired) electrons. The van der Waals surface area contributed by atoms with E-state index in [2.05, 4.69) is 31.2 Å². The zero-order valence-electron chi connectivity index (χ0n) is 16.8. The summed E-state index contributed by atoms with van der Waals surface area (Å²) in [5.41, 5.74) is 2.13. The molecule has 5 rings (SSSR count). The summed E-state index contributed by atoms with van der Waals surface area (Å²) in [5.74, 6) is 0.772. The standard InChI is InChI=1S/C24H18BrFN4OS/c25-15-7-8-17(18(26)13-15)20-9-10-21(31-20)23-22(19-6-2-4-12-28-19)29-24(32)30(23)14-16-5-1-3-11-27-16/h1-13,22-23H,14H2,(H,29,32). The molecule has 160 valence electrons. The Morgan fingerprint density at radius 3 is 2.56 bits per heavy atom. The number of furan rings is 1. The first-order chi connectivity index (χ1) is 15.6. The number of benzene rings is 1. The van der Waals surface area contributed by atoms with Crippen LogP contribution >= 0.6 is 28.1 Å². The van der Waals surface area contributed by atoms with Crippen molar-refractivity contribution in [1.82, 2.24) is 20.2 Å². The molecule has 0 spiro atoms. The second-order valence-corrected chi connectivity index (χ2v) is 8.70. The van der Waals surface area contributed by atoms with Crippen LogP contribution in [0.4, 0.5) is 4.39 Å². The molecule has 1 aliphatic heterocycles. The van der Waals surface area contributed by atoms with Crippen molar-refractivity contribution >= 4 is 33.3 Å². The fourth-order valence-electron chi connectivity index (χ4n) is 3.90. The molecule has 5 nitrogen and oxygen atoms in total. The lowest BCUT2D eigenvalue weighted by Crippen LogP contribution is -2.29. The molecule has 2 atom stereocenters. The van der Waals surface area contributed by atoms with Crippen LogP contribution in [0.1, 0.15) is 29.2 Å². The molecule has 4 heterocycles. The lowest BCUT2D eigenvalue weighted by atomic mass is 10.0. The Bertz CT molecular complexity index is 1250. The molecule has 8 heteroatoms. The van der Waals surface area contributed by atoms with E-state index in [1.165, 1.54) is 6.07 Å². The zero-order valence-corrected chi connectivity index (χ0v) is 19.2. The van der Waals surface area contributed by atoms with Crippen molar-refractivity contribution in [3.05, 3.63) is 107 Å². The molecular weight excluding hydrogens is 491 g/mol. The summed E-state index contributed by atoms with van der Waals surface area (Å²) in [6.07, 6.45) is 3.51. The third-order valence-electron chi connectivity index (χ3n) is 5.37. The van der Waals surface area contributed by atoms with Gasteiger partial charge in [0.1, 0.15) is 23.4 Å². The van der Waals surface area contributed by atoms with Gasteiger partial charge in [-0.25, -0.2) is 4.39 Å². The van der Waals surface area contributed by atoms with Crippen molar-refractivity contribution in [2.45, 2.75) is 18.6 Å². The van der Waals surface area contributed by atoms with E-state index in [0.717, 1.165) is 11.4 Å². The zero-order chi connectivity index (χ0) is 22.1. The highest BCUT2D eigenvalue weighted by Gasteiger charge is 2.41. The lowest BCUT2D eigenvalue weighted by Gasteiger charge is -2.25. The summed E-state index contributed by atoms with van der Waals surface area (Å²) in [4.78, 5) is 11.0. The first kappa shape index (κ1) is 20.8. The topological polar surface area (TPSA) is 54.2 Å². The van der Waals surface area contributed by atoms with Crippen LogP contribution in [-0.4, -0.2) is 20.0 Å². The summed E-state index contributed by atoms with van der Waals surface area (Å²) in [5, 5.41) is 3.97. The van der Waals surface area contributed by atoms with Crippen molar-refractivity contribution < 1.29 is 8.81 Å². The van der Waals surface area contributed by atoms with Gasteiger partial charge in [0.05, 0.1) is 29.5 Å². The Morgan fingerprint density at radius 2 is 1.84 bits per heavy atom.